The Balaban J connectivity index is 2.05. The third-order valence-electron chi connectivity index (χ3n) is 2.80. The zero-order valence-corrected chi connectivity index (χ0v) is 11.3. The fourth-order valence-electron chi connectivity index (χ4n) is 1.73. The normalized spacial score (nSPS) is 12.9. The topological polar surface area (TPSA) is 39.1 Å². The van der Waals surface area contributed by atoms with E-state index in [1.165, 1.54) is 6.42 Å². The summed E-state index contributed by atoms with van der Waals surface area (Å²) in [4.78, 5) is 4.32. The Morgan fingerprint density at radius 2 is 2.18 bits per heavy atom. The van der Waals surface area contributed by atoms with Gasteiger partial charge in [0.05, 0.1) is 6.04 Å². The largest absolute Gasteiger partial charge is 0.381 e. The van der Waals surface area contributed by atoms with E-state index < -0.39 is 0 Å². The standard InChI is InChI=1S/C13H25N3O/c1-4-5-10-17-11-6-7-14-12(2)13-15-8-9-16(13)3/h8-9,12,14H,4-7,10-11H2,1-3H3. The lowest BCUT2D eigenvalue weighted by Crippen LogP contribution is -2.23. The lowest BCUT2D eigenvalue weighted by atomic mass is 10.3. The van der Waals surface area contributed by atoms with Crippen molar-refractivity contribution in [2.75, 3.05) is 19.8 Å². The lowest BCUT2D eigenvalue weighted by molar-refractivity contribution is 0.128. The van der Waals surface area contributed by atoms with Crippen LogP contribution in [0.4, 0.5) is 0 Å². The summed E-state index contributed by atoms with van der Waals surface area (Å²) in [5, 5.41) is 3.45. The van der Waals surface area contributed by atoms with Crippen molar-refractivity contribution in [3.8, 4) is 0 Å². The van der Waals surface area contributed by atoms with Gasteiger partial charge < -0.3 is 14.6 Å². The molecule has 0 radical (unpaired) electrons. The Bertz CT molecular complexity index is 299. The van der Waals surface area contributed by atoms with Gasteiger partial charge in [0, 0.05) is 32.7 Å². The summed E-state index contributed by atoms with van der Waals surface area (Å²) in [6.07, 6.45) is 7.23. The monoisotopic (exact) mass is 239 g/mol. The second kappa shape index (κ2) is 8.25. The number of aromatic nitrogens is 2. The van der Waals surface area contributed by atoms with Crippen LogP contribution in [0.1, 0.15) is 45.0 Å². The first-order valence-electron chi connectivity index (χ1n) is 6.54. The molecule has 1 atom stereocenters. The van der Waals surface area contributed by atoms with Gasteiger partial charge in [-0.2, -0.15) is 0 Å². The summed E-state index contributed by atoms with van der Waals surface area (Å²) in [6, 6.07) is 0.297. The Morgan fingerprint density at radius 1 is 1.41 bits per heavy atom. The molecule has 1 aromatic heterocycles. The Labute approximate surface area is 104 Å². The van der Waals surface area contributed by atoms with Crippen molar-refractivity contribution in [3.63, 3.8) is 0 Å². The molecule has 0 spiro atoms. The third-order valence-corrected chi connectivity index (χ3v) is 2.80. The molecule has 1 aromatic rings. The van der Waals surface area contributed by atoms with E-state index >= 15 is 0 Å². The zero-order chi connectivity index (χ0) is 12.5. The van der Waals surface area contributed by atoms with Crippen LogP contribution in [0.25, 0.3) is 0 Å². The third kappa shape index (κ3) is 5.33. The second-order valence-electron chi connectivity index (χ2n) is 4.39. The predicted octanol–water partition coefficient (Wildman–Crippen LogP) is 2.28. The van der Waals surface area contributed by atoms with E-state index in [-0.39, 0.29) is 0 Å². The number of nitrogens with one attached hydrogen (secondary N) is 1. The van der Waals surface area contributed by atoms with Crippen LogP contribution in [0, 0.1) is 0 Å². The first kappa shape index (κ1) is 14.2. The van der Waals surface area contributed by atoms with Crippen LogP contribution < -0.4 is 5.32 Å². The molecule has 0 aliphatic carbocycles. The molecule has 0 aromatic carbocycles. The molecule has 0 bridgehead atoms. The molecule has 0 saturated carbocycles. The number of unbranched alkanes of at least 4 members (excludes halogenated alkanes) is 1. The molecule has 0 aliphatic rings. The smallest absolute Gasteiger partial charge is 0.125 e. The maximum atomic E-state index is 5.51. The molecule has 1 rings (SSSR count). The SMILES string of the molecule is CCCCOCCCNC(C)c1nccn1C. The molecule has 17 heavy (non-hydrogen) atoms. The summed E-state index contributed by atoms with van der Waals surface area (Å²) in [5.74, 6) is 1.08. The molecule has 4 heteroatoms. The molecule has 98 valence electrons. The van der Waals surface area contributed by atoms with Crippen LogP contribution in [0.15, 0.2) is 12.4 Å². The maximum absolute atomic E-state index is 5.51. The molecule has 0 aliphatic heterocycles. The van der Waals surface area contributed by atoms with Gasteiger partial charge in [0.15, 0.2) is 0 Å². The number of ether oxygens (including phenoxy) is 1. The quantitative estimate of drug-likeness (QED) is 0.672. The molecular formula is C13H25N3O. The van der Waals surface area contributed by atoms with Gasteiger partial charge in [-0.3, -0.25) is 0 Å². The Kier molecular flexibility index (Phi) is 6.89. The van der Waals surface area contributed by atoms with Crippen molar-refractivity contribution in [1.82, 2.24) is 14.9 Å². The summed E-state index contributed by atoms with van der Waals surface area (Å²) >= 11 is 0. The van der Waals surface area contributed by atoms with Gasteiger partial charge >= 0.3 is 0 Å². The van der Waals surface area contributed by atoms with E-state index in [0.29, 0.717) is 6.04 Å². The molecule has 1 unspecified atom stereocenters. The van der Waals surface area contributed by atoms with Crippen LogP contribution >= 0.6 is 0 Å². The fourth-order valence-corrected chi connectivity index (χ4v) is 1.73. The molecule has 0 fully saturated rings. The zero-order valence-electron chi connectivity index (χ0n) is 11.3. The van der Waals surface area contributed by atoms with Gasteiger partial charge in [-0.05, 0) is 26.3 Å². The summed E-state index contributed by atoms with van der Waals surface area (Å²) in [5.41, 5.74) is 0. The number of nitrogens with zero attached hydrogens (tertiary/aromatic N) is 2. The van der Waals surface area contributed by atoms with Crippen molar-refractivity contribution in [2.45, 2.75) is 39.2 Å². The first-order valence-corrected chi connectivity index (χ1v) is 6.54. The van der Waals surface area contributed by atoms with Crippen LogP contribution in [0.3, 0.4) is 0 Å². The number of hydrogen-bond acceptors (Lipinski definition) is 3. The van der Waals surface area contributed by atoms with Crippen molar-refractivity contribution in [1.29, 1.82) is 0 Å². The van der Waals surface area contributed by atoms with Crippen molar-refractivity contribution in [3.05, 3.63) is 18.2 Å². The van der Waals surface area contributed by atoms with Gasteiger partial charge in [-0.15, -0.1) is 0 Å². The van der Waals surface area contributed by atoms with Gasteiger partial charge in [-0.1, -0.05) is 13.3 Å². The van der Waals surface area contributed by atoms with Crippen molar-refractivity contribution >= 4 is 0 Å². The second-order valence-corrected chi connectivity index (χ2v) is 4.39. The van der Waals surface area contributed by atoms with E-state index in [9.17, 15) is 0 Å². The molecule has 0 amide bonds. The predicted molar refractivity (Wildman–Crippen MR) is 70.0 cm³/mol. The number of rotatable bonds is 9. The van der Waals surface area contributed by atoms with E-state index in [0.717, 1.165) is 38.4 Å². The number of hydrogen-bond donors (Lipinski definition) is 1. The number of imidazole rings is 1. The average Bonchev–Trinajstić information content (AvgIpc) is 2.74. The van der Waals surface area contributed by atoms with Crippen LogP contribution in [-0.2, 0) is 11.8 Å². The van der Waals surface area contributed by atoms with Crippen LogP contribution in [0.2, 0.25) is 0 Å². The van der Waals surface area contributed by atoms with Crippen molar-refractivity contribution < 1.29 is 4.74 Å². The highest BCUT2D eigenvalue weighted by Crippen LogP contribution is 2.07. The average molecular weight is 239 g/mol. The van der Waals surface area contributed by atoms with Gasteiger partial charge in [0.25, 0.3) is 0 Å². The fraction of sp³-hybridized carbons (Fsp3) is 0.769. The minimum absolute atomic E-state index is 0.297. The van der Waals surface area contributed by atoms with Gasteiger partial charge in [-0.25, -0.2) is 4.98 Å². The van der Waals surface area contributed by atoms with E-state index in [4.69, 9.17) is 4.74 Å². The molecule has 1 N–H and O–H groups in total. The van der Waals surface area contributed by atoms with Crippen LogP contribution in [0.5, 0.6) is 0 Å². The van der Waals surface area contributed by atoms with Gasteiger partial charge in [0.2, 0.25) is 0 Å². The molecule has 0 saturated heterocycles. The Hall–Kier alpha value is -0.870. The maximum Gasteiger partial charge on any atom is 0.125 e. The van der Waals surface area contributed by atoms with Crippen molar-refractivity contribution in [2.24, 2.45) is 7.05 Å². The summed E-state index contributed by atoms with van der Waals surface area (Å²) < 4.78 is 7.56. The Morgan fingerprint density at radius 3 is 2.82 bits per heavy atom. The van der Waals surface area contributed by atoms with Gasteiger partial charge in [0.1, 0.15) is 5.82 Å². The highest BCUT2D eigenvalue weighted by molar-refractivity contribution is 4.96. The number of aryl methyl sites for hydroxylation is 1. The molecule has 1 heterocycles. The minimum Gasteiger partial charge on any atom is -0.381 e. The van der Waals surface area contributed by atoms with E-state index in [2.05, 4.69) is 28.7 Å². The highest BCUT2D eigenvalue weighted by Gasteiger charge is 2.08. The minimum atomic E-state index is 0.297. The summed E-state index contributed by atoms with van der Waals surface area (Å²) in [6.45, 7) is 7.03. The molecule has 4 nitrogen and oxygen atoms in total. The highest BCUT2D eigenvalue weighted by atomic mass is 16.5. The summed E-state index contributed by atoms with van der Waals surface area (Å²) in [7, 11) is 2.02. The van der Waals surface area contributed by atoms with E-state index in [1.807, 2.05) is 19.4 Å². The van der Waals surface area contributed by atoms with E-state index in [1.54, 1.807) is 0 Å². The molecular weight excluding hydrogens is 214 g/mol. The first-order chi connectivity index (χ1) is 8.25. The lowest BCUT2D eigenvalue weighted by Gasteiger charge is -2.13. The van der Waals surface area contributed by atoms with Crippen LogP contribution in [-0.4, -0.2) is 29.3 Å².